The second kappa shape index (κ2) is 3.66. The highest BCUT2D eigenvalue weighted by atomic mass is 16.1. The van der Waals surface area contributed by atoms with Gasteiger partial charge in [0, 0.05) is 29.7 Å². The lowest BCUT2D eigenvalue weighted by molar-refractivity contribution is -0.117. The minimum Gasteiger partial charge on any atom is -0.325 e. The molecular formula is C13H11N3O. The van der Waals surface area contributed by atoms with Gasteiger partial charge in [0.15, 0.2) is 0 Å². The number of anilines is 1. The fourth-order valence-electron chi connectivity index (χ4n) is 2.07. The molecule has 84 valence electrons. The quantitative estimate of drug-likeness (QED) is 0.747. The van der Waals surface area contributed by atoms with Gasteiger partial charge in [0.05, 0.1) is 17.3 Å². The van der Waals surface area contributed by atoms with Gasteiger partial charge in [-0.2, -0.15) is 0 Å². The van der Waals surface area contributed by atoms with Crippen molar-refractivity contribution < 1.29 is 4.79 Å². The van der Waals surface area contributed by atoms with Gasteiger partial charge in [0.1, 0.15) is 0 Å². The highest BCUT2D eigenvalue weighted by molar-refractivity contribution is 6.02. The van der Waals surface area contributed by atoms with Crippen molar-refractivity contribution in [1.29, 1.82) is 0 Å². The Balaban J connectivity index is 2.33. The highest BCUT2D eigenvalue weighted by Crippen LogP contribution is 2.35. The van der Waals surface area contributed by atoms with Crippen molar-refractivity contribution >= 4 is 11.6 Å². The van der Waals surface area contributed by atoms with Crippen LogP contribution >= 0.6 is 0 Å². The van der Waals surface area contributed by atoms with Crippen LogP contribution < -0.4 is 5.32 Å². The molecule has 0 aromatic carbocycles. The van der Waals surface area contributed by atoms with Crippen molar-refractivity contribution in [2.75, 3.05) is 5.32 Å². The average Bonchev–Trinajstić information content (AvgIpc) is 2.48. The van der Waals surface area contributed by atoms with Crippen molar-refractivity contribution in [2.24, 2.45) is 0 Å². The summed E-state index contributed by atoms with van der Waals surface area (Å²) < 4.78 is 0. The van der Waals surface area contributed by atoms with Crippen LogP contribution in [0.15, 0.2) is 36.8 Å². The Bertz CT molecular complexity index is 595. The number of fused-ring (bicyclic) bond motifs is 3. The van der Waals surface area contributed by atoms with Gasteiger partial charge in [-0.3, -0.25) is 14.8 Å². The molecule has 1 amide bonds. The van der Waals surface area contributed by atoms with Crippen LogP contribution in [-0.2, 0) is 4.79 Å². The van der Waals surface area contributed by atoms with Crippen LogP contribution in [-0.4, -0.2) is 15.9 Å². The first kappa shape index (κ1) is 9.96. The van der Waals surface area contributed by atoms with E-state index in [1.807, 2.05) is 25.1 Å². The summed E-state index contributed by atoms with van der Waals surface area (Å²) in [5.74, 6) is -0.284. The van der Waals surface area contributed by atoms with Crippen molar-refractivity contribution in [2.45, 2.75) is 12.8 Å². The number of amides is 1. The van der Waals surface area contributed by atoms with E-state index >= 15 is 0 Å². The summed E-state index contributed by atoms with van der Waals surface area (Å²) in [6.45, 7) is 1.86. The highest BCUT2D eigenvalue weighted by Gasteiger charge is 2.25. The smallest absolute Gasteiger partial charge is 0.233 e. The van der Waals surface area contributed by atoms with E-state index in [0.717, 1.165) is 22.5 Å². The number of nitrogens with one attached hydrogen (secondary N) is 1. The zero-order chi connectivity index (χ0) is 11.8. The number of carbonyl (C=O) groups is 1. The normalized spacial score (nSPS) is 17.7. The van der Waals surface area contributed by atoms with Crippen molar-refractivity contribution in [3.8, 4) is 11.1 Å². The Hall–Kier alpha value is -2.23. The predicted octanol–water partition coefficient (Wildman–Crippen LogP) is 2.20. The van der Waals surface area contributed by atoms with Gasteiger partial charge in [0.2, 0.25) is 5.91 Å². The Morgan fingerprint density at radius 3 is 3.00 bits per heavy atom. The largest absolute Gasteiger partial charge is 0.325 e. The first-order valence-electron chi connectivity index (χ1n) is 5.47. The van der Waals surface area contributed by atoms with E-state index in [1.165, 1.54) is 0 Å². The molecule has 0 aliphatic carbocycles. The molecule has 1 atom stereocenters. The fraction of sp³-hybridized carbons (Fsp3) is 0.154. The molecule has 1 aliphatic rings. The lowest BCUT2D eigenvalue weighted by atomic mass is 9.99. The zero-order valence-electron chi connectivity index (χ0n) is 9.34. The van der Waals surface area contributed by atoms with Crippen LogP contribution in [0.1, 0.15) is 18.5 Å². The minimum atomic E-state index is -0.251. The zero-order valence-corrected chi connectivity index (χ0v) is 9.34. The maximum Gasteiger partial charge on any atom is 0.233 e. The third kappa shape index (κ3) is 1.49. The molecular weight excluding hydrogens is 214 g/mol. The van der Waals surface area contributed by atoms with E-state index in [4.69, 9.17) is 0 Å². The van der Waals surface area contributed by atoms with Gasteiger partial charge in [-0.05, 0) is 19.1 Å². The summed E-state index contributed by atoms with van der Waals surface area (Å²) in [6.07, 6.45) is 5.14. The van der Waals surface area contributed by atoms with Gasteiger partial charge in [-0.1, -0.05) is 6.07 Å². The first-order valence-corrected chi connectivity index (χ1v) is 5.47. The van der Waals surface area contributed by atoms with Crippen LogP contribution in [0.25, 0.3) is 11.1 Å². The summed E-state index contributed by atoms with van der Waals surface area (Å²) in [4.78, 5) is 20.4. The molecule has 0 spiro atoms. The summed E-state index contributed by atoms with van der Waals surface area (Å²) in [6, 6.07) is 5.65. The number of pyridine rings is 2. The van der Waals surface area contributed by atoms with Crippen LogP contribution in [0.5, 0.6) is 0 Å². The molecule has 1 unspecified atom stereocenters. The fourth-order valence-corrected chi connectivity index (χ4v) is 2.07. The second-order valence-electron chi connectivity index (χ2n) is 4.07. The van der Waals surface area contributed by atoms with Gasteiger partial charge in [0.25, 0.3) is 0 Å². The van der Waals surface area contributed by atoms with E-state index in [9.17, 15) is 4.79 Å². The van der Waals surface area contributed by atoms with Crippen LogP contribution in [0.2, 0.25) is 0 Å². The van der Waals surface area contributed by atoms with Crippen molar-refractivity contribution in [1.82, 2.24) is 9.97 Å². The van der Waals surface area contributed by atoms with E-state index in [1.54, 1.807) is 18.6 Å². The molecule has 17 heavy (non-hydrogen) atoms. The van der Waals surface area contributed by atoms with E-state index in [2.05, 4.69) is 15.3 Å². The molecule has 0 radical (unpaired) electrons. The van der Waals surface area contributed by atoms with Crippen LogP contribution in [0.3, 0.4) is 0 Å². The molecule has 0 bridgehead atoms. The minimum absolute atomic E-state index is 0.0325. The van der Waals surface area contributed by atoms with E-state index in [0.29, 0.717) is 0 Å². The molecule has 4 heteroatoms. The molecule has 1 aliphatic heterocycles. The molecule has 0 fully saturated rings. The summed E-state index contributed by atoms with van der Waals surface area (Å²) in [5, 5.41) is 2.90. The third-order valence-corrected chi connectivity index (χ3v) is 3.01. The summed E-state index contributed by atoms with van der Waals surface area (Å²) in [7, 11) is 0. The first-order chi connectivity index (χ1) is 8.27. The molecule has 2 aromatic rings. The van der Waals surface area contributed by atoms with E-state index < -0.39 is 0 Å². The molecule has 1 N–H and O–H groups in total. The van der Waals surface area contributed by atoms with Gasteiger partial charge >= 0.3 is 0 Å². The number of rotatable bonds is 0. The standard InChI is InChI=1S/C13H11N3O/c1-8-12-9(3-2-5-15-12)10-7-14-6-4-11(10)16-13(8)17/h2-8H,1H3,(H,16,17). The summed E-state index contributed by atoms with van der Waals surface area (Å²) >= 11 is 0. The topological polar surface area (TPSA) is 54.9 Å². The summed E-state index contributed by atoms with van der Waals surface area (Å²) in [5.41, 5.74) is 3.50. The Kier molecular flexibility index (Phi) is 2.14. The monoisotopic (exact) mass is 225 g/mol. The third-order valence-electron chi connectivity index (χ3n) is 3.01. The molecule has 2 aromatic heterocycles. The van der Waals surface area contributed by atoms with Crippen molar-refractivity contribution in [3.63, 3.8) is 0 Å². The maximum atomic E-state index is 12.0. The van der Waals surface area contributed by atoms with Crippen LogP contribution in [0, 0.1) is 0 Å². The van der Waals surface area contributed by atoms with Gasteiger partial charge in [-0.15, -0.1) is 0 Å². The molecule has 3 heterocycles. The lowest BCUT2D eigenvalue weighted by Crippen LogP contribution is -2.17. The Labute approximate surface area is 98.7 Å². The molecule has 0 saturated heterocycles. The second-order valence-corrected chi connectivity index (χ2v) is 4.07. The Morgan fingerprint density at radius 2 is 2.12 bits per heavy atom. The van der Waals surface area contributed by atoms with Crippen LogP contribution in [0.4, 0.5) is 5.69 Å². The maximum absolute atomic E-state index is 12.0. The molecule has 4 nitrogen and oxygen atoms in total. The number of aromatic nitrogens is 2. The average molecular weight is 225 g/mol. The SMILES string of the molecule is CC1C(=O)Nc2ccncc2-c2cccnc21. The lowest BCUT2D eigenvalue weighted by Gasteiger charge is -2.08. The Morgan fingerprint density at radius 1 is 1.24 bits per heavy atom. The number of hydrogen-bond acceptors (Lipinski definition) is 3. The molecule has 3 rings (SSSR count). The van der Waals surface area contributed by atoms with E-state index in [-0.39, 0.29) is 11.8 Å². The number of carbonyl (C=O) groups excluding carboxylic acids is 1. The predicted molar refractivity (Wildman–Crippen MR) is 64.5 cm³/mol. The van der Waals surface area contributed by atoms with Gasteiger partial charge < -0.3 is 5.32 Å². The molecule has 0 saturated carbocycles. The number of hydrogen-bond donors (Lipinski definition) is 1. The number of nitrogens with zero attached hydrogens (tertiary/aromatic N) is 2. The van der Waals surface area contributed by atoms with Gasteiger partial charge in [-0.25, -0.2) is 0 Å². The van der Waals surface area contributed by atoms with Crippen molar-refractivity contribution in [3.05, 3.63) is 42.5 Å².